The molecule has 0 unspecified atom stereocenters. The Morgan fingerprint density at radius 2 is 1.71 bits per heavy atom. The first kappa shape index (κ1) is 13.9. The average Bonchev–Trinajstić information content (AvgIpc) is 2.75. The van der Waals surface area contributed by atoms with Crippen molar-refractivity contribution in [3.8, 4) is 22.9 Å². The maximum atomic E-state index is 9.70. The van der Waals surface area contributed by atoms with Crippen LogP contribution in [0, 0.1) is 0 Å². The number of aromatic hydroxyl groups is 2. The van der Waals surface area contributed by atoms with Crippen LogP contribution in [0.4, 0.5) is 0 Å². The lowest BCUT2D eigenvalue weighted by Crippen LogP contribution is -2.03. The van der Waals surface area contributed by atoms with Crippen LogP contribution in [0.25, 0.3) is 22.4 Å². The number of rotatable bonds is 2. The molecule has 0 spiro atoms. The highest BCUT2D eigenvalue weighted by atomic mass is 79.9. The van der Waals surface area contributed by atoms with Crippen LogP contribution in [0.5, 0.6) is 11.5 Å². The van der Waals surface area contributed by atoms with E-state index in [1.165, 1.54) is 6.07 Å². The molecule has 108 valence electrons. The zero-order valence-corrected chi connectivity index (χ0v) is 13.3. The average molecular weight is 347 g/mol. The maximum Gasteiger partial charge on any atom is 0.141 e. The first-order valence-electron chi connectivity index (χ1n) is 6.66. The summed E-state index contributed by atoms with van der Waals surface area (Å²) in [7, 11) is 0. The molecule has 0 aliphatic carbocycles. The predicted molar refractivity (Wildman–Crippen MR) is 86.6 cm³/mol. The van der Waals surface area contributed by atoms with Crippen LogP contribution in [-0.4, -0.2) is 19.8 Å². The van der Waals surface area contributed by atoms with Gasteiger partial charge in [0.2, 0.25) is 0 Å². The van der Waals surface area contributed by atoms with E-state index in [4.69, 9.17) is 0 Å². The highest BCUT2D eigenvalue weighted by Crippen LogP contribution is 2.33. The molecule has 1 aromatic heterocycles. The number of benzene rings is 2. The van der Waals surface area contributed by atoms with Crippen molar-refractivity contribution in [3.63, 3.8) is 0 Å². The number of imidazole rings is 1. The number of aromatic nitrogens is 2. The van der Waals surface area contributed by atoms with Crippen LogP contribution in [0.15, 0.2) is 40.9 Å². The third-order valence-corrected chi connectivity index (χ3v) is 3.82. The third kappa shape index (κ3) is 2.49. The predicted octanol–water partition coefficient (Wildman–Crippen LogP) is 4.46. The molecule has 0 saturated heterocycles. The van der Waals surface area contributed by atoms with Crippen LogP contribution in [0.2, 0.25) is 0 Å². The second-order valence-electron chi connectivity index (χ2n) is 5.27. The summed E-state index contributed by atoms with van der Waals surface area (Å²) in [6.45, 7) is 4.16. The summed E-state index contributed by atoms with van der Waals surface area (Å²) in [5.74, 6) is 0.770. The standard InChI is InChI=1S/C16H15BrN2O2/c1-9(2)19-15-4-3-11(17)7-14(15)18-16(19)10-5-12(20)8-13(21)6-10/h3-9,20-21H,1-2H3. The van der Waals surface area contributed by atoms with Gasteiger partial charge in [0.1, 0.15) is 17.3 Å². The van der Waals surface area contributed by atoms with Gasteiger partial charge in [-0.3, -0.25) is 0 Å². The number of halogens is 1. The molecule has 0 aliphatic rings. The van der Waals surface area contributed by atoms with Gasteiger partial charge in [-0.1, -0.05) is 15.9 Å². The van der Waals surface area contributed by atoms with Crippen LogP contribution < -0.4 is 0 Å². The van der Waals surface area contributed by atoms with Gasteiger partial charge in [-0.2, -0.15) is 0 Å². The Hall–Kier alpha value is -2.01. The molecule has 2 N–H and O–H groups in total. The van der Waals surface area contributed by atoms with Gasteiger partial charge in [-0.15, -0.1) is 0 Å². The first-order chi connectivity index (χ1) is 9.95. The molecule has 0 radical (unpaired) electrons. The van der Waals surface area contributed by atoms with Crippen molar-refractivity contribution < 1.29 is 10.2 Å². The van der Waals surface area contributed by atoms with Crippen molar-refractivity contribution in [3.05, 3.63) is 40.9 Å². The number of fused-ring (bicyclic) bond motifs is 1. The van der Waals surface area contributed by atoms with E-state index in [1.54, 1.807) is 12.1 Å². The van der Waals surface area contributed by atoms with Crippen molar-refractivity contribution in [1.29, 1.82) is 0 Å². The summed E-state index contributed by atoms with van der Waals surface area (Å²) in [6, 6.07) is 10.7. The highest BCUT2D eigenvalue weighted by Gasteiger charge is 2.16. The summed E-state index contributed by atoms with van der Waals surface area (Å²) in [4.78, 5) is 4.66. The molecule has 3 rings (SSSR count). The van der Waals surface area contributed by atoms with Gasteiger partial charge in [-0.25, -0.2) is 4.98 Å². The smallest absolute Gasteiger partial charge is 0.141 e. The maximum absolute atomic E-state index is 9.70. The van der Waals surface area contributed by atoms with Crippen LogP contribution >= 0.6 is 15.9 Å². The second kappa shape index (κ2) is 5.07. The van der Waals surface area contributed by atoms with E-state index < -0.39 is 0 Å². The Kier molecular flexibility index (Phi) is 3.37. The summed E-state index contributed by atoms with van der Waals surface area (Å²) >= 11 is 3.45. The molecule has 3 aromatic rings. The van der Waals surface area contributed by atoms with E-state index in [-0.39, 0.29) is 17.5 Å². The van der Waals surface area contributed by atoms with Crippen LogP contribution in [0.3, 0.4) is 0 Å². The van der Waals surface area contributed by atoms with Crippen molar-refractivity contribution in [2.75, 3.05) is 0 Å². The molecule has 5 heteroatoms. The van der Waals surface area contributed by atoms with Gasteiger partial charge in [-0.05, 0) is 44.2 Å². The monoisotopic (exact) mass is 346 g/mol. The molecule has 0 atom stereocenters. The van der Waals surface area contributed by atoms with Crippen molar-refractivity contribution in [1.82, 2.24) is 9.55 Å². The van der Waals surface area contributed by atoms with E-state index >= 15 is 0 Å². The van der Waals surface area contributed by atoms with Gasteiger partial charge in [0.25, 0.3) is 0 Å². The van der Waals surface area contributed by atoms with E-state index in [1.807, 2.05) is 18.2 Å². The normalized spacial score (nSPS) is 11.4. The summed E-state index contributed by atoms with van der Waals surface area (Å²) < 4.78 is 3.06. The second-order valence-corrected chi connectivity index (χ2v) is 6.19. The third-order valence-electron chi connectivity index (χ3n) is 3.33. The minimum absolute atomic E-state index is 0.0218. The summed E-state index contributed by atoms with van der Waals surface area (Å²) in [5, 5.41) is 19.4. The molecular formula is C16H15BrN2O2. The highest BCUT2D eigenvalue weighted by molar-refractivity contribution is 9.10. The van der Waals surface area contributed by atoms with E-state index in [2.05, 4.69) is 39.3 Å². The molecule has 4 nitrogen and oxygen atoms in total. The van der Waals surface area contributed by atoms with E-state index in [0.717, 1.165) is 21.3 Å². The number of hydrogen-bond donors (Lipinski definition) is 2. The fraction of sp³-hybridized carbons (Fsp3) is 0.188. The Morgan fingerprint density at radius 3 is 2.33 bits per heavy atom. The largest absolute Gasteiger partial charge is 0.508 e. The number of phenols is 2. The molecular weight excluding hydrogens is 332 g/mol. The zero-order chi connectivity index (χ0) is 15.1. The first-order valence-corrected chi connectivity index (χ1v) is 7.46. The van der Waals surface area contributed by atoms with Gasteiger partial charge in [0.05, 0.1) is 11.0 Å². The number of nitrogens with zero attached hydrogens (tertiary/aromatic N) is 2. The van der Waals surface area contributed by atoms with Gasteiger partial charge >= 0.3 is 0 Å². The minimum Gasteiger partial charge on any atom is -0.508 e. The van der Waals surface area contributed by atoms with E-state index in [0.29, 0.717) is 5.56 Å². The SMILES string of the molecule is CC(C)n1c(-c2cc(O)cc(O)c2)nc2cc(Br)ccc21. The Labute approximate surface area is 130 Å². The van der Waals surface area contributed by atoms with Gasteiger partial charge < -0.3 is 14.8 Å². The lowest BCUT2D eigenvalue weighted by molar-refractivity contribution is 0.451. The fourth-order valence-corrected chi connectivity index (χ4v) is 2.87. The Bertz CT molecular complexity index is 804. The van der Waals surface area contributed by atoms with Gasteiger partial charge in [0.15, 0.2) is 0 Å². The quantitative estimate of drug-likeness (QED) is 0.720. The molecule has 0 saturated carbocycles. The van der Waals surface area contributed by atoms with Crippen molar-refractivity contribution in [2.24, 2.45) is 0 Å². The lowest BCUT2D eigenvalue weighted by atomic mass is 10.2. The molecule has 0 aliphatic heterocycles. The zero-order valence-electron chi connectivity index (χ0n) is 11.7. The van der Waals surface area contributed by atoms with Crippen LogP contribution in [0.1, 0.15) is 19.9 Å². The Morgan fingerprint density at radius 1 is 1.05 bits per heavy atom. The van der Waals surface area contributed by atoms with Crippen LogP contribution in [-0.2, 0) is 0 Å². The van der Waals surface area contributed by atoms with Crippen molar-refractivity contribution >= 4 is 27.0 Å². The summed E-state index contributed by atoms with van der Waals surface area (Å²) in [6.07, 6.45) is 0. The molecule has 0 amide bonds. The van der Waals surface area contributed by atoms with Crippen molar-refractivity contribution in [2.45, 2.75) is 19.9 Å². The number of hydrogen-bond acceptors (Lipinski definition) is 3. The van der Waals surface area contributed by atoms with E-state index in [9.17, 15) is 10.2 Å². The number of phenolic OH excluding ortho intramolecular Hbond substituents is 2. The molecule has 0 bridgehead atoms. The van der Waals surface area contributed by atoms with Gasteiger partial charge in [0, 0.05) is 22.1 Å². The molecule has 0 fully saturated rings. The summed E-state index contributed by atoms with van der Waals surface area (Å²) in [5.41, 5.74) is 2.58. The Balaban J connectivity index is 2.33. The molecule has 1 heterocycles. The fourth-order valence-electron chi connectivity index (χ4n) is 2.52. The molecule has 2 aromatic carbocycles. The molecule has 21 heavy (non-hydrogen) atoms. The topological polar surface area (TPSA) is 58.3 Å². The minimum atomic E-state index is 0.0218. The lowest BCUT2D eigenvalue weighted by Gasteiger charge is -2.13.